The molecule has 0 unspecified atom stereocenters. The van der Waals surface area contributed by atoms with Gasteiger partial charge in [0, 0.05) is 0 Å². The SMILES string of the molecule is CC(C)(C#N)CCF. The molecule has 0 fully saturated rings. The number of hydrogen-bond acceptors (Lipinski definition) is 1. The average Bonchev–Trinajstić information content (AvgIpc) is 1.67. The van der Waals surface area contributed by atoms with Gasteiger partial charge in [0.05, 0.1) is 18.2 Å². The van der Waals surface area contributed by atoms with E-state index in [2.05, 4.69) is 0 Å². The number of nitrogens with zero attached hydrogens (tertiary/aromatic N) is 1. The Morgan fingerprint density at radius 2 is 2.12 bits per heavy atom. The van der Waals surface area contributed by atoms with Crippen LogP contribution in [-0.2, 0) is 0 Å². The molecule has 0 aliphatic heterocycles. The van der Waals surface area contributed by atoms with Crippen LogP contribution < -0.4 is 0 Å². The molecule has 0 saturated heterocycles. The van der Waals surface area contributed by atoms with Crippen LogP contribution in [0.25, 0.3) is 0 Å². The van der Waals surface area contributed by atoms with Crippen molar-refractivity contribution >= 4 is 0 Å². The van der Waals surface area contributed by atoms with Gasteiger partial charge >= 0.3 is 0 Å². The van der Waals surface area contributed by atoms with Gasteiger partial charge in [0.2, 0.25) is 0 Å². The van der Waals surface area contributed by atoms with Gasteiger partial charge in [0.25, 0.3) is 0 Å². The summed E-state index contributed by atoms with van der Waals surface area (Å²) >= 11 is 0. The highest BCUT2D eigenvalue weighted by Crippen LogP contribution is 2.17. The lowest BCUT2D eigenvalue weighted by Crippen LogP contribution is -2.07. The van der Waals surface area contributed by atoms with Crippen molar-refractivity contribution in [2.75, 3.05) is 6.67 Å². The predicted octanol–water partition coefficient (Wildman–Crippen LogP) is 1.90. The minimum atomic E-state index is -0.477. The number of hydrogen-bond donors (Lipinski definition) is 0. The van der Waals surface area contributed by atoms with Gasteiger partial charge in [0.15, 0.2) is 0 Å². The summed E-state index contributed by atoms with van der Waals surface area (Å²) in [5.41, 5.74) is -0.477. The topological polar surface area (TPSA) is 23.8 Å². The molecule has 0 aromatic rings. The maximum atomic E-state index is 11.5. The monoisotopic (exact) mass is 115 g/mol. The average molecular weight is 115 g/mol. The van der Waals surface area contributed by atoms with Crippen LogP contribution in [0.3, 0.4) is 0 Å². The summed E-state index contributed by atoms with van der Waals surface area (Å²) in [5.74, 6) is 0. The molecule has 0 aliphatic rings. The van der Waals surface area contributed by atoms with Crippen LogP contribution in [0, 0.1) is 16.7 Å². The van der Waals surface area contributed by atoms with Crippen molar-refractivity contribution in [2.45, 2.75) is 20.3 Å². The first-order chi connectivity index (χ1) is 3.62. The fourth-order valence-electron chi connectivity index (χ4n) is 0.292. The number of nitriles is 1. The predicted molar refractivity (Wildman–Crippen MR) is 30.0 cm³/mol. The molecule has 1 nitrogen and oxygen atoms in total. The van der Waals surface area contributed by atoms with E-state index in [0.717, 1.165) is 0 Å². The highest BCUT2D eigenvalue weighted by atomic mass is 19.1. The van der Waals surface area contributed by atoms with Crippen LogP contribution in [0.4, 0.5) is 4.39 Å². The molecular formula is C6H10FN. The largest absolute Gasteiger partial charge is 0.251 e. The summed E-state index contributed by atoms with van der Waals surface area (Å²) in [7, 11) is 0. The first kappa shape index (κ1) is 7.42. The molecule has 0 aromatic carbocycles. The molecule has 0 bridgehead atoms. The zero-order valence-electron chi connectivity index (χ0n) is 5.24. The Kier molecular flexibility index (Phi) is 2.47. The number of alkyl halides is 1. The van der Waals surface area contributed by atoms with Crippen molar-refractivity contribution in [2.24, 2.45) is 5.41 Å². The van der Waals surface area contributed by atoms with Crippen LogP contribution in [0.15, 0.2) is 0 Å². The molecule has 0 rings (SSSR count). The van der Waals surface area contributed by atoms with Gasteiger partial charge in [-0.1, -0.05) is 0 Å². The molecule has 0 aromatic heterocycles. The fraction of sp³-hybridized carbons (Fsp3) is 0.833. The van der Waals surface area contributed by atoms with Gasteiger partial charge in [-0.3, -0.25) is 4.39 Å². The summed E-state index contributed by atoms with van der Waals surface area (Å²) in [6.45, 7) is 3.06. The van der Waals surface area contributed by atoms with Crippen molar-refractivity contribution in [1.29, 1.82) is 5.26 Å². The molecule has 0 N–H and O–H groups in total. The standard InChI is InChI=1S/C6H10FN/c1-6(2,5-8)3-4-7/h3-4H2,1-2H3. The van der Waals surface area contributed by atoms with Crippen LogP contribution in [-0.4, -0.2) is 6.67 Å². The third kappa shape index (κ3) is 2.57. The molecule has 0 spiro atoms. The Morgan fingerprint density at radius 1 is 1.62 bits per heavy atom. The molecule has 0 amide bonds. The Labute approximate surface area is 49.1 Å². The second kappa shape index (κ2) is 2.66. The fourth-order valence-corrected chi connectivity index (χ4v) is 0.292. The molecule has 0 aliphatic carbocycles. The van der Waals surface area contributed by atoms with Crippen molar-refractivity contribution in [1.82, 2.24) is 0 Å². The highest BCUT2D eigenvalue weighted by Gasteiger charge is 2.14. The minimum Gasteiger partial charge on any atom is -0.251 e. The van der Waals surface area contributed by atoms with Crippen LogP contribution in [0.1, 0.15) is 20.3 Å². The quantitative estimate of drug-likeness (QED) is 0.539. The van der Waals surface area contributed by atoms with Gasteiger partial charge in [-0.15, -0.1) is 0 Å². The van der Waals surface area contributed by atoms with Gasteiger partial charge in [-0.25, -0.2) is 0 Å². The van der Waals surface area contributed by atoms with E-state index in [1.165, 1.54) is 0 Å². The molecule has 0 radical (unpaired) electrons. The highest BCUT2D eigenvalue weighted by molar-refractivity contribution is 4.90. The second-order valence-corrected chi connectivity index (χ2v) is 2.43. The Balaban J connectivity index is 3.59. The number of rotatable bonds is 2. The van der Waals surface area contributed by atoms with E-state index < -0.39 is 12.1 Å². The van der Waals surface area contributed by atoms with Gasteiger partial charge < -0.3 is 0 Å². The maximum absolute atomic E-state index is 11.5. The van der Waals surface area contributed by atoms with E-state index in [9.17, 15) is 4.39 Å². The van der Waals surface area contributed by atoms with Gasteiger partial charge in [0.1, 0.15) is 0 Å². The summed E-state index contributed by atoms with van der Waals surface area (Å²) < 4.78 is 11.5. The van der Waals surface area contributed by atoms with E-state index in [4.69, 9.17) is 5.26 Å². The van der Waals surface area contributed by atoms with E-state index in [0.29, 0.717) is 6.42 Å². The summed E-state index contributed by atoms with van der Waals surface area (Å²) in [6, 6.07) is 2.00. The lowest BCUT2D eigenvalue weighted by Gasteiger charge is -2.10. The zero-order valence-corrected chi connectivity index (χ0v) is 5.24. The van der Waals surface area contributed by atoms with E-state index in [-0.39, 0.29) is 0 Å². The zero-order chi connectivity index (χ0) is 6.62. The lowest BCUT2D eigenvalue weighted by molar-refractivity contribution is 0.361. The van der Waals surface area contributed by atoms with Crippen LogP contribution >= 0.6 is 0 Å². The normalized spacial score (nSPS) is 10.8. The van der Waals surface area contributed by atoms with Crippen LogP contribution in [0.2, 0.25) is 0 Å². The van der Waals surface area contributed by atoms with Crippen LogP contribution in [0.5, 0.6) is 0 Å². The maximum Gasteiger partial charge on any atom is 0.0909 e. The second-order valence-electron chi connectivity index (χ2n) is 2.43. The van der Waals surface area contributed by atoms with Crippen molar-refractivity contribution in [3.05, 3.63) is 0 Å². The van der Waals surface area contributed by atoms with Crippen molar-refractivity contribution in [3.63, 3.8) is 0 Å². The lowest BCUT2D eigenvalue weighted by atomic mass is 9.92. The molecular weight excluding hydrogens is 105 g/mol. The van der Waals surface area contributed by atoms with E-state index >= 15 is 0 Å². The minimum absolute atomic E-state index is 0.337. The molecule has 0 atom stereocenters. The third-order valence-corrected chi connectivity index (χ3v) is 1.02. The van der Waals surface area contributed by atoms with Crippen molar-refractivity contribution < 1.29 is 4.39 Å². The molecule has 0 heterocycles. The molecule has 8 heavy (non-hydrogen) atoms. The Hall–Kier alpha value is -0.580. The summed E-state index contributed by atoms with van der Waals surface area (Å²) in [5, 5.41) is 8.31. The molecule has 0 saturated carbocycles. The van der Waals surface area contributed by atoms with Gasteiger partial charge in [-0.05, 0) is 20.3 Å². The van der Waals surface area contributed by atoms with E-state index in [1.54, 1.807) is 13.8 Å². The summed E-state index contributed by atoms with van der Waals surface area (Å²) in [4.78, 5) is 0. The van der Waals surface area contributed by atoms with E-state index in [1.807, 2.05) is 6.07 Å². The first-order valence-electron chi connectivity index (χ1n) is 2.59. The molecule has 46 valence electrons. The number of halogens is 1. The first-order valence-corrected chi connectivity index (χ1v) is 2.59. The summed E-state index contributed by atoms with van der Waals surface area (Å²) in [6.07, 6.45) is 0.337. The van der Waals surface area contributed by atoms with Gasteiger partial charge in [-0.2, -0.15) is 5.26 Å². The van der Waals surface area contributed by atoms with Crippen molar-refractivity contribution in [3.8, 4) is 6.07 Å². The smallest absolute Gasteiger partial charge is 0.0909 e. The Bertz CT molecular complexity index is 102. The molecule has 2 heteroatoms. The Morgan fingerprint density at radius 3 is 2.25 bits per heavy atom. The third-order valence-electron chi connectivity index (χ3n) is 1.02.